The van der Waals surface area contributed by atoms with Gasteiger partial charge >= 0.3 is 12.1 Å². The van der Waals surface area contributed by atoms with Gasteiger partial charge in [-0.05, 0) is 26.2 Å². The van der Waals surface area contributed by atoms with Crippen LogP contribution in [0.15, 0.2) is 0 Å². The molecule has 0 radical (unpaired) electrons. The van der Waals surface area contributed by atoms with E-state index in [-0.39, 0.29) is 37.2 Å². The second kappa shape index (κ2) is 13.7. The molecule has 1 saturated carbocycles. The van der Waals surface area contributed by atoms with E-state index >= 15 is 0 Å². The summed E-state index contributed by atoms with van der Waals surface area (Å²) in [5.74, 6) is -1.87. The van der Waals surface area contributed by atoms with E-state index in [0.717, 1.165) is 19.3 Å². The van der Waals surface area contributed by atoms with E-state index in [1.165, 1.54) is 20.8 Å². The Hall–Kier alpha value is -1.92. The number of aliphatic hydroxyl groups excluding tert-OH is 1. The van der Waals surface area contributed by atoms with Crippen molar-refractivity contribution in [3.05, 3.63) is 0 Å². The van der Waals surface area contributed by atoms with Gasteiger partial charge in [-0.25, -0.2) is 9.59 Å². The molecule has 33 heavy (non-hydrogen) atoms. The second-order valence-electron chi connectivity index (χ2n) is 8.76. The van der Waals surface area contributed by atoms with E-state index in [1.807, 2.05) is 0 Å². The first-order chi connectivity index (χ1) is 15.4. The zero-order chi connectivity index (χ0) is 25.1. The molecule has 12 heteroatoms. The summed E-state index contributed by atoms with van der Waals surface area (Å²) in [4.78, 5) is 35.3. The van der Waals surface area contributed by atoms with Gasteiger partial charge in [-0.1, -0.05) is 33.1 Å². The number of carbonyl (C=O) groups excluding carboxylic acids is 3. The summed E-state index contributed by atoms with van der Waals surface area (Å²) >= 11 is 0. The van der Waals surface area contributed by atoms with Gasteiger partial charge in [0.2, 0.25) is 5.91 Å². The number of nitrogens with one attached hydrogen (secondary N) is 1. The third-order valence-electron chi connectivity index (χ3n) is 5.26. The van der Waals surface area contributed by atoms with Crippen molar-refractivity contribution < 1.29 is 46.3 Å². The topological polar surface area (TPSA) is 155 Å². The summed E-state index contributed by atoms with van der Waals surface area (Å²) in [5, 5.41) is 13.0. The summed E-state index contributed by atoms with van der Waals surface area (Å²) in [6.45, 7) is 5.64. The Morgan fingerprint density at radius 3 is 2.33 bits per heavy atom. The van der Waals surface area contributed by atoms with Crippen molar-refractivity contribution in [2.75, 3.05) is 25.5 Å². The lowest BCUT2D eigenvalue weighted by molar-refractivity contribution is -0.198. The molecule has 0 saturated heterocycles. The Balaban J connectivity index is 2.69. The molecule has 1 unspecified atom stereocenters. The molecule has 0 heterocycles. The van der Waals surface area contributed by atoms with Crippen LogP contribution in [0.3, 0.4) is 0 Å². The van der Waals surface area contributed by atoms with Crippen LogP contribution in [-0.2, 0) is 38.1 Å². The lowest BCUT2D eigenvalue weighted by Crippen LogP contribution is -2.44. The first-order valence-corrected chi connectivity index (χ1v) is 12.8. The first kappa shape index (κ1) is 29.1. The predicted molar refractivity (Wildman–Crippen MR) is 117 cm³/mol. The fourth-order valence-electron chi connectivity index (χ4n) is 3.26. The van der Waals surface area contributed by atoms with Crippen molar-refractivity contribution in [3.63, 3.8) is 0 Å². The van der Waals surface area contributed by atoms with Crippen LogP contribution in [0.5, 0.6) is 0 Å². The van der Waals surface area contributed by atoms with E-state index in [9.17, 15) is 27.9 Å². The number of esters is 1. The van der Waals surface area contributed by atoms with Crippen molar-refractivity contribution in [3.8, 4) is 0 Å². The number of amides is 1. The standard InChI is InChI=1S/C21H37NO10S/c1-5-29-20(26)32-19(16-10-7-6-8-11-16)31-18(25)17(24)21(3,4)14-30-33(27,28)13-9-12-22-15(2)23/h16-17,19,24H,5-14H2,1-4H3,(H,22,23)/t17-,19?/m0/s1. The smallest absolute Gasteiger partial charge is 0.435 e. The molecule has 0 bridgehead atoms. The molecule has 11 nitrogen and oxygen atoms in total. The van der Waals surface area contributed by atoms with Crippen LogP contribution in [0.4, 0.5) is 4.79 Å². The molecule has 2 N–H and O–H groups in total. The Morgan fingerprint density at radius 1 is 1.12 bits per heavy atom. The molecule has 1 aliphatic carbocycles. The lowest BCUT2D eigenvalue weighted by atomic mass is 9.87. The highest BCUT2D eigenvalue weighted by atomic mass is 32.2. The fourth-order valence-corrected chi connectivity index (χ4v) is 4.36. The molecule has 0 aliphatic heterocycles. The van der Waals surface area contributed by atoms with Crippen LogP contribution < -0.4 is 5.32 Å². The summed E-state index contributed by atoms with van der Waals surface area (Å²) in [5.41, 5.74) is -1.32. The quantitative estimate of drug-likeness (QED) is 0.167. The second-order valence-corrected chi connectivity index (χ2v) is 10.5. The number of hydrogen-bond acceptors (Lipinski definition) is 10. The maximum Gasteiger partial charge on any atom is 0.511 e. The zero-order valence-electron chi connectivity index (χ0n) is 19.8. The minimum Gasteiger partial charge on any atom is -0.435 e. The van der Waals surface area contributed by atoms with Gasteiger partial charge in [-0.15, -0.1) is 0 Å². The van der Waals surface area contributed by atoms with Gasteiger partial charge in [0, 0.05) is 24.8 Å². The van der Waals surface area contributed by atoms with Crippen molar-refractivity contribution in [2.24, 2.45) is 11.3 Å². The van der Waals surface area contributed by atoms with Crippen molar-refractivity contribution in [1.29, 1.82) is 0 Å². The molecule has 0 aromatic heterocycles. The Labute approximate surface area is 195 Å². The molecule has 2 atom stereocenters. The highest BCUT2D eigenvalue weighted by Crippen LogP contribution is 2.30. The number of ether oxygens (including phenoxy) is 3. The summed E-state index contributed by atoms with van der Waals surface area (Å²) in [6.07, 6.45) is 0.448. The molecule has 1 fully saturated rings. The normalized spacial score (nSPS) is 17.0. The van der Waals surface area contributed by atoms with Gasteiger partial charge in [0.25, 0.3) is 16.4 Å². The van der Waals surface area contributed by atoms with E-state index in [0.29, 0.717) is 12.8 Å². The number of aliphatic hydroxyl groups is 1. The van der Waals surface area contributed by atoms with Crippen molar-refractivity contribution in [2.45, 2.75) is 78.6 Å². The molecule has 0 spiro atoms. The number of hydrogen-bond donors (Lipinski definition) is 2. The van der Waals surface area contributed by atoms with Crippen LogP contribution in [0, 0.1) is 11.3 Å². The number of rotatable bonds is 13. The van der Waals surface area contributed by atoms with E-state index in [1.54, 1.807) is 6.92 Å². The SMILES string of the molecule is CCOC(=O)OC(OC(=O)[C@H](O)C(C)(C)COS(=O)(=O)CCCNC(C)=O)C1CCCCC1. The first-order valence-electron chi connectivity index (χ1n) is 11.2. The highest BCUT2D eigenvalue weighted by molar-refractivity contribution is 7.86. The molecular formula is C21H37NO10S. The summed E-state index contributed by atoms with van der Waals surface area (Å²) in [6, 6.07) is 0. The minimum absolute atomic E-state index is 0.0937. The van der Waals surface area contributed by atoms with Gasteiger partial charge in [0.1, 0.15) is 0 Å². The molecule has 1 rings (SSSR count). The largest absolute Gasteiger partial charge is 0.511 e. The summed E-state index contributed by atoms with van der Waals surface area (Å²) < 4.78 is 44.4. The monoisotopic (exact) mass is 495 g/mol. The Kier molecular flexibility index (Phi) is 12.1. The average molecular weight is 496 g/mol. The molecule has 192 valence electrons. The maximum atomic E-state index is 12.6. The summed E-state index contributed by atoms with van der Waals surface area (Å²) in [7, 11) is -3.93. The van der Waals surface area contributed by atoms with Crippen molar-refractivity contribution >= 4 is 28.1 Å². The van der Waals surface area contributed by atoms with Gasteiger partial charge < -0.3 is 24.6 Å². The van der Waals surface area contributed by atoms with Gasteiger partial charge in [0.15, 0.2) is 6.10 Å². The number of carbonyl (C=O) groups is 3. The average Bonchev–Trinajstić information content (AvgIpc) is 2.75. The van der Waals surface area contributed by atoms with Crippen LogP contribution in [0.2, 0.25) is 0 Å². The third kappa shape index (κ3) is 11.2. The molecule has 0 aromatic rings. The van der Waals surface area contributed by atoms with E-state index in [4.69, 9.17) is 18.4 Å². The predicted octanol–water partition coefficient (Wildman–Crippen LogP) is 1.87. The van der Waals surface area contributed by atoms with Crippen LogP contribution >= 0.6 is 0 Å². The van der Waals surface area contributed by atoms with E-state index in [2.05, 4.69) is 5.32 Å². The maximum absolute atomic E-state index is 12.6. The molecule has 1 amide bonds. The van der Waals surface area contributed by atoms with E-state index < -0.39 is 46.7 Å². The zero-order valence-corrected chi connectivity index (χ0v) is 20.6. The molecule has 1 aliphatic rings. The van der Waals surface area contributed by atoms with Crippen LogP contribution in [0.1, 0.15) is 66.2 Å². The third-order valence-corrected chi connectivity index (χ3v) is 6.53. The van der Waals surface area contributed by atoms with Crippen molar-refractivity contribution in [1.82, 2.24) is 5.32 Å². The minimum atomic E-state index is -3.93. The molecular weight excluding hydrogens is 458 g/mol. The van der Waals surface area contributed by atoms with Gasteiger partial charge in [0.05, 0.1) is 19.0 Å². The van der Waals surface area contributed by atoms with Gasteiger partial charge in [-0.3, -0.25) is 8.98 Å². The Bertz CT molecular complexity index is 746. The fraction of sp³-hybridized carbons (Fsp3) is 0.857. The van der Waals surface area contributed by atoms with Gasteiger partial charge in [-0.2, -0.15) is 8.42 Å². The highest BCUT2D eigenvalue weighted by Gasteiger charge is 2.40. The van der Waals surface area contributed by atoms with Crippen LogP contribution in [-0.4, -0.2) is 69.5 Å². The van der Waals surface area contributed by atoms with Crippen LogP contribution in [0.25, 0.3) is 0 Å². The Morgan fingerprint density at radius 2 is 1.76 bits per heavy atom. The lowest BCUT2D eigenvalue weighted by Gasteiger charge is -2.32. The molecule has 0 aromatic carbocycles.